The lowest BCUT2D eigenvalue weighted by molar-refractivity contribution is 0.522. The van der Waals surface area contributed by atoms with E-state index in [1.807, 2.05) is 18.2 Å². The fourth-order valence-corrected chi connectivity index (χ4v) is 3.60. The van der Waals surface area contributed by atoms with Crippen molar-refractivity contribution >= 4 is 26.0 Å². The second-order valence-electron chi connectivity index (χ2n) is 4.38. The predicted octanol–water partition coefficient (Wildman–Crippen LogP) is 2.97. The molecule has 0 fully saturated rings. The van der Waals surface area contributed by atoms with E-state index in [9.17, 15) is 8.42 Å². The zero-order valence-electron chi connectivity index (χ0n) is 9.97. The molecule has 1 unspecified atom stereocenters. The van der Waals surface area contributed by atoms with Gasteiger partial charge in [0.1, 0.15) is 0 Å². The summed E-state index contributed by atoms with van der Waals surface area (Å²) >= 11 is 3.34. The molecule has 1 aromatic carbocycles. The summed E-state index contributed by atoms with van der Waals surface area (Å²) in [4.78, 5) is 0.335. The van der Waals surface area contributed by atoms with Crippen molar-refractivity contribution in [1.82, 2.24) is 4.72 Å². The summed E-state index contributed by atoms with van der Waals surface area (Å²) in [5, 5.41) is 0.730. The first kappa shape index (κ1) is 13.8. The quantitative estimate of drug-likeness (QED) is 0.681. The Morgan fingerprint density at radius 2 is 1.94 bits per heavy atom. The van der Waals surface area contributed by atoms with Crippen molar-refractivity contribution in [2.24, 2.45) is 0 Å². The van der Waals surface area contributed by atoms with Crippen LogP contribution in [0.2, 0.25) is 0 Å². The Morgan fingerprint density at radius 3 is 2.50 bits per heavy atom. The Hall–Kier alpha value is -0.650. The van der Waals surface area contributed by atoms with E-state index in [0.29, 0.717) is 4.90 Å². The Bertz CT molecular complexity index is 522. The Morgan fingerprint density at radius 1 is 1.22 bits per heavy atom. The van der Waals surface area contributed by atoms with Crippen molar-refractivity contribution in [1.29, 1.82) is 0 Å². The molecule has 2 rings (SSSR count). The van der Waals surface area contributed by atoms with Gasteiger partial charge in [0, 0.05) is 11.4 Å². The van der Waals surface area contributed by atoms with E-state index in [0.717, 1.165) is 30.2 Å². The molecule has 5 heteroatoms. The van der Waals surface area contributed by atoms with Crippen LogP contribution in [-0.4, -0.2) is 14.5 Å². The summed E-state index contributed by atoms with van der Waals surface area (Å²) in [5.41, 5.74) is 1.06. The molecule has 1 N–H and O–H groups in total. The molecular weight excluding hydrogens is 314 g/mol. The fraction of sp³-hybridized carbons (Fsp3) is 0.385. The van der Waals surface area contributed by atoms with E-state index in [-0.39, 0.29) is 6.04 Å². The Labute approximate surface area is 116 Å². The van der Waals surface area contributed by atoms with Crippen LogP contribution < -0.4 is 4.72 Å². The summed E-state index contributed by atoms with van der Waals surface area (Å²) in [7, 11) is -3.38. The number of sulfonamides is 1. The highest BCUT2D eigenvalue weighted by Crippen LogP contribution is 2.16. The number of nitrogens with one attached hydrogen (secondary N) is 1. The molecule has 18 heavy (non-hydrogen) atoms. The van der Waals surface area contributed by atoms with Gasteiger partial charge in [0.25, 0.3) is 0 Å². The summed E-state index contributed by atoms with van der Waals surface area (Å²) in [6.45, 7) is 0. The van der Waals surface area contributed by atoms with Crippen LogP contribution in [0.25, 0.3) is 0 Å². The number of benzene rings is 1. The van der Waals surface area contributed by atoms with Crippen LogP contribution in [0.5, 0.6) is 0 Å². The monoisotopic (exact) mass is 329 g/mol. The first-order valence-corrected chi connectivity index (χ1v) is 8.54. The van der Waals surface area contributed by atoms with Crippen LogP contribution in [0.15, 0.2) is 41.3 Å². The van der Waals surface area contributed by atoms with Crippen molar-refractivity contribution in [2.75, 3.05) is 0 Å². The summed E-state index contributed by atoms with van der Waals surface area (Å²) in [6.07, 6.45) is 6.71. The molecule has 0 aromatic heterocycles. The van der Waals surface area contributed by atoms with Crippen molar-refractivity contribution in [3.63, 3.8) is 0 Å². The van der Waals surface area contributed by atoms with Gasteiger partial charge in [0.15, 0.2) is 0 Å². The molecule has 0 spiro atoms. The second-order valence-corrected chi connectivity index (χ2v) is 6.65. The molecule has 1 aromatic rings. The van der Waals surface area contributed by atoms with Crippen molar-refractivity contribution in [3.05, 3.63) is 42.0 Å². The third-order valence-electron chi connectivity index (χ3n) is 2.98. The van der Waals surface area contributed by atoms with E-state index in [4.69, 9.17) is 0 Å². The SMILES string of the molecule is O=S(=O)(NC1CC=CCC1)c1ccc(CBr)cc1. The zero-order chi connectivity index (χ0) is 13.0. The van der Waals surface area contributed by atoms with Gasteiger partial charge in [0.2, 0.25) is 10.0 Å². The van der Waals surface area contributed by atoms with E-state index in [2.05, 4.69) is 26.7 Å². The largest absolute Gasteiger partial charge is 0.240 e. The molecule has 0 radical (unpaired) electrons. The highest BCUT2D eigenvalue weighted by molar-refractivity contribution is 9.08. The van der Waals surface area contributed by atoms with Crippen molar-refractivity contribution in [3.8, 4) is 0 Å². The maximum atomic E-state index is 12.2. The minimum Gasteiger partial charge on any atom is -0.208 e. The van der Waals surface area contributed by atoms with E-state index in [1.165, 1.54) is 0 Å². The Kier molecular flexibility index (Phi) is 4.59. The zero-order valence-corrected chi connectivity index (χ0v) is 12.4. The number of rotatable bonds is 4. The molecule has 0 aliphatic heterocycles. The number of alkyl halides is 1. The van der Waals surface area contributed by atoms with Gasteiger partial charge in [-0.15, -0.1) is 0 Å². The lowest BCUT2D eigenvalue weighted by Gasteiger charge is -2.19. The summed E-state index contributed by atoms with van der Waals surface area (Å²) < 4.78 is 27.1. The van der Waals surface area contributed by atoms with Crippen LogP contribution in [-0.2, 0) is 15.4 Å². The van der Waals surface area contributed by atoms with Gasteiger partial charge in [0.05, 0.1) is 4.90 Å². The maximum Gasteiger partial charge on any atom is 0.240 e. The van der Waals surface area contributed by atoms with Crippen LogP contribution >= 0.6 is 15.9 Å². The van der Waals surface area contributed by atoms with Crippen LogP contribution in [0.3, 0.4) is 0 Å². The average molecular weight is 330 g/mol. The maximum absolute atomic E-state index is 12.2. The minimum absolute atomic E-state index is 0.0239. The molecule has 0 saturated heterocycles. The summed E-state index contributed by atoms with van der Waals surface area (Å²) in [5.74, 6) is 0. The molecule has 0 amide bonds. The van der Waals surface area contributed by atoms with Gasteiger partial charge < -0.3 is 0 Å². The van der Waals surface area contributed by atoms with Gasteiger partial charge in [-0.2, -0.15) is 0 Å². The number of hydrogen-bond donors (Lipinski definition) is 1. The highest BCUT2D eigenvalue weighted by Gasteiger charge is 2.19. The number of halogens is 1. The van der Waals surface area contributed by atoms with E-state index < -0.39 is 10.0 Å². The fourth-order valence-electron chi connectivity index (χ4n) is 1.95. The smallest absolute Gasteiger partial charge is 0.208 e. The molecule has 3 nitrogen and oxygen atoms in total. The number of allylic oxidation sites excluding steroid dienone is 1. The molecule has 0 saturated carbocycles. The lowest BCUT2D eigenvalue weighted by atomic mass is 10.0. The molecule has 1 atom stereocenters. The molecule has 1 aliphatic rings. The van der Waals surface area contributed by atoms with Crippen molar-refractivity contribution in [2.45, 2.75) is 35.5 Å². The van der Waals surface area contributed by atoms with Gasteiger partial charge in [-0.25, -0.2) is 13.1 Å². The number of hydrogen-bond acceptors (Lipinski definition) is 2. The molecule has 1 aliphatic carbocycles. The van der Waals surface area contributed by atoms with Crippen LogP contribution in [0.4, 0.5) is 0 Å². The van der Waals surface area contributed by atoms with Crippen LogP contribution in [0, 0.1) is 0 Å². The molecule has 98 valence electrons. The topological polar surface area (TPSA) is 46.2 Å². The minimum atomic E-state index is -3.38. The van der Waals surface area contributed by atoms with E-state index >= 15 is 0 Å². The predicted molar refractivity (Wildman–Crippen MR) is 76.2 cm³/mol. The second kappa shape index (κ2) is 5.99. The molecular formula is C13H16BrNO2S. The highest BCUT2D eigenvalue weighted by atomic mass is 79.9. The molecule has 0 heterocycles. The van der Waals surface area contributed by atoms with Gasteiger partial charge in [-0.3, -0.25) is 0 Å². The first-order chi connectivity index (χ1) is 8.62. The van der Waals surface area contributed by atoms with Gasteiger partial charge >= 0.3 is 0 Å². The Balaban J connectivity index is 2.11. The van der Waals surface area contributed by atoms with Crippen LogP contribution in [0.1, 0.15) is 24.8 Å². The van der Waals surface area contributed by atoms with E-state index in [1.54, 1.807) is 12.1 Å². The average Bonchev–Trinajstić information content (AvgIpc) is 2.39. The standard InChI is InChI=1S/C13H16BrNO2S/c14-10-11-6-8-13(9-7-11)18(16,17)15-12-4-2-1-3-5-12/h1-2,6-9,12,15H,3-5,10H2. The lowest BCUT2D eigenvalue weighted by Crippen LogP contribution is -2.35. The van der Waals surface area contributed by atoms with Crippen molar-refractivity contribution < 1.29 is 8.42 Å². The summed E-state index contributed by atoms with van der Waals surface area (Å²) in [6, 6.07) is 6.97. The van der Waals surface area contributed by atoms with Gasteiger partial charge in [-0.1, -0.05) is 40.2 Å². The third-order valence-corrected chi connectivity index (χ3v) is 5.16. The van der Waals surface area contributed by atoms with Gasteiger partial charge in [-0.05, 0) is 37.0 Å². The normalized spacial score (nSPS) is 19.9. The third kappa shape index (κ3) is 3.43. The molecule has 0 bridgehead atoms. The first-order valence-electron chi connectivity index (χ1n) is 5.94.